The van der Waals surface area contributed by atoms with Gasteiger partial charge in [0.1, 0.15) is 5.82 Å². The highest BCUT2D eigenvalue weighted by atomic mass is 35.5. The number of anilines is 1. The van der Waals surface area contributed by atoms with Crippen molar-refractivity contribution >= 4 is 33.3 Å². The molecule has 0 bridgehead atoms. The Kier molecular flexibility index (Phi) is 4.39. The second kappa shape index (κ2) is 5.94. The molecule has 22 heavy (non-hydrogen) atoms. The van der Waals surface area contributed by atoms with E-state index >= 15 is 0 Å². The number of aromatic carboxylic acids is 1. The number of carboxylic acids is 1. The number of hydrogen-bond donors (Lipinski definition) is 2. The number of sulfonamides is 1. The molecule has 0 heterocycles. The van der Waals surface area contributed by atoms with Crippen LogP contribution < -0.4 is 4.72 Å². The maximum atomic E-state index is 13.3. The van der Waals surface area contributed by atoms with Gasteiger partial charge in [0, 0.05) is 0 Å². The summed E-state index contributed by atoms with van der Waals surface area (Å²) in [5.74, 6) is -2.57. The number of hydrogen-bond acceptors (Lipinski definition) is 3. The maximum Gasteiger partial charge on any atom is 0.338 e. The fourth-order valence-corrected chi connectivity index (χ4v) is 3.19. The summed E-state index contributed by atoms with van der Waals surface area (Å²) in [6.45, 7) is 1.79. The number of nitrogens with one attached hydrogen (secondary N) is 1. The molecular formula is C14H11ClFNO4S. The van der Waals surface area contributed by atoms with Gasteiger partial charge >= 0.3 is 5.97 Å². The van der Waals surface area contributed by atoms with Crippen LogP contribution >= 0.6 is 11.6 Å². The van der Waals surface area contributed by atoms with Crippen LogP contribution in [0.1, 0.15) is 15.9 Å². The molecule has 116 valence electrons. The third kappa shape index (κ3) is 3.37. The molecule has 2 aromatic rings. The first-order chi connectivity index (χ1) is 10.2. The van der Waals surface area contributed by atoms with Gasteiger partial charge in [-0.15, -0.1) is 0 Å². The lowest BCUT2D eigenvalue weighted by Gasteiger charge is -2.11. The van der Waals surface area contributed by atoms with Crippen LogP contribution in [0.5, 0.6) is 0 Å². The van der Waals surface area contributed by atoms with E-state index in [1.54, 1.807) is 19.1 Å². The van der Waals surface area contributed by atoms with Gasteiger partial charge in [0.2, 0.25) is 0 Å². The maximum absolute atomic E-state index is 13.3. The van der Waals surface area contributed by atoms with Crippen LogP contribution in [0, 0.1) is 12.7 Å². The molecule has 8 heteroatoms. The molecule has 0 atom stereocenters. The molecule has 0 saturated carbocycles. The van der Waals surface area contributed by atoms with Gasteiger partial charge < -0.3 is 5.11 Å². The van der Waals surface area contributed by atoms with Crippen molar-refractivity contribution in [2.75, 3.05) is 4.72 Å². The lowest BCUT2D eigenvalue weighted by molar-refractivity contribution is 0.0691. The van der Waals surface area contributed by atoms with Gasteiger partial charge in [-0.1, -0.05) is 17.7 Å². The van der Waals surface area contributed by atoms with Gasteiger partial charge in [-0.25, -0.2) is 17.6 Å². The van der Waals surface area contributed by atoms with Crippen LogP contribution in [-0.2, 0) is 10.0 Å². The molecule has 0 spiro atoms. The van der Waals surface area contributed by atoms with Gasteiger partial charge in [0.15, 0.2) is 0 Å². The molecule has 0 amide bonds. The normalized spacial score (nSPS) is 11.2. The number of halogens is 2. The molecule has 0 aliphatic rings. The zero-order chi connectivity index (χ0) is 16.5. The Morgan fingerprint density at radius 2 is 1.91 bits per heavy atom. The highest BCUT2D eigenvalue weighted by molar-refractivity contribution is 7.92. The molecule has 0 saturated heterocycles. The van der Waals surface area contributed by atoms with Crippen molar-refractivity contribution in [3.63, 3.8) is 0 Å². The van der Waals surface area contributed by atoms with Crippen LogP contribution in [0.2, 0.25) is 5.02 Å². The first-order valence-electron chi connectivity index (χ1n) is 6.02. The molecule has 2 N–H and O–H groups in total. The monoisotopic (exact) mass is 343 g/mol. The number of benzene rings is 2. The zero-order valence-corrected chi connectivity index (χ0v) is 12.9. The number of carbonyl (C=O) groups is 1. The molecule has 2 aromatic carbocycles. The largest absolute Gasteiger partial charge is 0.478 e. The van der Waals surface area contributed by atoms with Crippen molar-refractivity contribution in [1.82, 2.24) is 0 Å². The second-order valence-electron chi connectivity index (χ2n) is 4.54. The summed E-state index contributed by atoms with van der Waals surface area (Å²) < 4.78 is 40.0. The van der Waals surface area contributed by atoms with E-state index in [0.717, 1.165) is 23.8 Å². The second-order valence-corrected chi connectivity index (χ2v) is 6.63. The molecule has 2 rings (SSSR count). The SMILES string of the molecule is Cc1ccc(NS(=O)(=O)c2ccc(F)c(C(=O)O)c2)c(Cl)c1. The van der Waals surface area contributed by atoms with Gasteiger partial charge in [0.25, 0.3) is 10.0 Å². The Balaban J connectivity index is 2.42. The summed E-state index contributed by atoms with van der Waals surface area (Å²) in [6, 6.07) is 7.24. The van der Waals surface area contributed by atoms with Crippen molar-refractivity contribution < 1.29 is 22.7 Å². The fraction of sp³-hybridized carbons (Fsp3) is 0.0714. The Morgan fingerprint density at radius 3 is 2.50 bits per heavy atom. The minimum atomic E-state index is -4.09. The standard InChI is InChI=1S/C14H11ClFNO4S/c1-8-2-5-13(11(15)6-8)17-22(20,21)9-3-4-12(16)10(7-9)14(18)19/h2-7,17H,1H3,(H,18,19). The number of aryl methyl sites for hydroxylation is 1. The van der Waals surface area contributed by atoms with Crippen LogP contribution in [0.4, 0.5) is 10.1 Å². The van der Waals surface area contributed by atoms with Gasteiger partial charge in [-0.3, -0.25) is 4.72 Å². The van der Waals surface area contributed by atoms with Crippen LogP contribution in [0.25, 0.3) is 0 Å². The average molecular weight is 344 g/mol. The Bertz CT molecular complexity index is 852. The molecule has 0 fully saturated rings. The van der Waals surface area contributed by atoms with Crippen molar-refractivity contribution in [2.45, 2.75) is 11.8 Å². The summed E-state index contributed by atoms with van der Waals surface area (Å²) in [5, 5.41) is 9.04. The highest BCUT2D eigenvalue weighted by Gasteiger charge is 2.20. The lowest BCUT2D eigenvalue weighted by atomic mass is 10.2. The summed E-state index contributed by atoms with van der Waals surface area (Å²) in [6.07, 6.45) is 0. The summed E-state index contributed by atoms with van der Waals surface area (Å²) in [4.78, 5) is 10.5. The van der Waals surface area contributed by atoms with E-state index in [-0.39, 0.29) is 15.6 Å². The Hall–Kier alpha value is -2.12. The molecule has 0 radical (unpaired) electrons. The van der Waals surface area contributed by atoms with Gasteiger partial charge in [0.05, 0.1) is 21.2 Å². The molecule has 0 aliphatic heterocycles. The van der Waals surface area contributed by atoms with Crippen LogP contribution in [-0.4, -0.2) is 19.5 Å². The lowest BCUT2D eigenvalue weighted by Crippen LogP contribution is -2.14. The minimum absolute atomic E-state index is 0.147. The van der Waals surface area contributed by atoms with E-state index < -0.39 is 27.4 Å². The third-order valence-electron chi connectivity index (χ3n) is 2.85. The molecule has 0 aliphatic carbocycles. The van der Waals surface area contributed by atoms with Crippen LogP contribution in [0.3, 0.4) is 0 Å². The van der Waals surface area contributed by atoms with Crippen LogP contribution in [0.15, 0.2) is 41.3 Å². The minimum Gasteiger partial charge on any atom is -0.478 e. The predicted octanol–water partition coefficient (Wildman–Crippen LogP) is 3.29. The Morgan fingerprint density at radius 1 is 1.23 bits per heavy atom. The smallest absolute Gasteiger partial charge is 0.338 e. The Labute approximate surface area is 131 Å². The molecule has 5 nitrogen and oxygen atoms in total. The topological polar surface area (TPSA) is 83.5 Å². The third-order valence-corrected chi connectivity index (χ3v) is 4.52. The van der Waals surface area contributed by atoms with Gasteiger partial charge in [-0.2, -0.15) is 0 Å². The van der Waals surface area contributed by atoms with E-state index in [0.29, 0.717) is 0 Å². The predicted molar refractivity (Wildman–Crippen MR) is 80.4 cm³/mol. The first kappa shape index (κ1) is 16.3. The van der Waals surface area contributed by atoms with Crippen molar-refractivity contribution in [3.8, 4) is 0 Å². The summed E-state index contributed by atoms with van der Waals surface area (Å²) in [5.41, 5.74) is 0.272. The first-order valence-corrected chi connectivity index (χ1v) is 7.88. The molecule has 0 unspecified atom stereocenters. The number of rotatable bonds is 4. The summed E-state index contributed by atoms with van der Waals surface area (Å²) >= 11 is 5.95. The van der Waals surface area contributed by atoms with E-state index in [2.05, 4.69) is 4.72 Å². The van der Waals surface area contributed by atoms with E-state index in [1.165, 1.54) is 6.07 Å². The van der Waals surface area contributed by atoms with Crippen molar-refractivity contribution in [2.24, 2.45) is 0 Å². The quantitative estimate of drug-likeness (QED) is 0.892. The van der Waals surface area contributed by atoms with Crippen molar-refractivity contribution in [3.05, 3.63) is 58.4 Å². The van der Waals surface area contributed by atoms with E-state index in [9.17, 15) is 17.6 Å². The van der Waals surface area contributed by atoms with Gasteiger partial charge in [-0.05, 0) is 42.8 Å². The number of carboxylic acid groups (broad SMARTS) is 1. The average Bonchev–Trinajstić information content (AvgIpc) is 2.42. The van der Waals surface area contributed by atoms with Crippen molar-refractivity contribution in [1.29, 1.82) is 0 Å². The highest BCUT2D eigenvalue weighted by Crippen LogP contribution is 2.26. The molecule has 0 aromatic heterocycles. The zero-order valence-electron chi connectivity index (χ0n) is 11.3. The molecular weight excluding hydrogens is 333 g/mol. The van der Waals surface area contributed by atoms with E-state index in [4.69, 9.17) is 16.7 Å². The fourth-order valence-electron chi connectivity index (χ4n) is 1.74. The van der Waals surface area contributed by atoms with E-state index in [1.807, 2.05) is 0 Å². The summed E-state index contributed by atoms with van der Waals surface area (Å²) in [7, 11) is -4.09.